The molecule has 120 valence electrons. The zero-order valence-electron chi connectivity index (χ0n) is 13.3. The molecule has 1 heterocycles. The molecule has 0 radical (unpaired) electrons. The number of carbonyl (C=O) groups is 1. The van der Waals surface area contributed by atoms with Crippen LogP contribution >= 0.6 is 0 Å². The van der Waals surface area contributed by atoms with Crippen molar-refractivity contribution in [2.24, 2.45) is 5.92 Å². The first-order chi connectivity index (χ1) is 11.3. The molecule has 1 saturated heterocycles. The number of likely N-dealkylation sites (tertiary alicyclic amines) is 1. The van der Waals surface area contributed by atoms with Crippen LogP contribution in [0.5, 0.6) is 0 Å². The number of ketones is 1. The second kappa shape index (κ2) is 7.53. The highest BCUT2D eigenvalue weighted by atomic mass is 16.3. The minimum Gasteiger partial charge on any atom is -0.392 e. The normalized spacial score (nSPS) is 16.4. The lowest BCUT2D eigenvalue weighted by Crippen LogP contribution is -2.35. The number of carbonyl (C=O) groups excluding carboxylic acids is 1. The van der Waals surface area contributed by atoms with E-state index >= 15 is 0 Å². The number of aliphatic hydroxyl groups is 1. The third kappa shape index (κ3) is 4.06. The number of nitrogens with zero attached hydrogens (tertiary/aromatic N) is 1. The summed E-state index contributed by atoms with van der Waals surface area (Å²) in [5.41, 5.74) is 3.04. The van der Waals surface area contributed by atoms with Gasteiger partial charge in [-0.2, -0.15) is 0 Å². The number of hydrogen-bond donors (Lipinski definition) is 1. The van der Waals surface area contributed by atoms with Gasteiger partial charge in [0.1, 0.15) is 0 Å². The Kier molecular flexibility index (Phi) is 5.21. The lowest BCUT2D eigenvalue weighted by molar-refractivity contribution is 0.0835. The van der Waals surface area contributed by atoms with Crippen molar-refractivity contribution < 1.29 is 9.90 Å². The second-order valence-corrected chi connectivity index (χ2v) is 6.26. The number of aliphatic hydroxyl groups excluding tert-OH is 1. The highest BCUT2D eigenvalue weighted by molar-refractivity contribution is 5.97. The molecule has 0 aliphatic carbocycles. The first-order valence-electron chi connectivity index (χ1n) is 8.26. The van der Waals surface area contributed by atoms with Gasteiger partial charge in [-0.1, -0.05) is 54.6 Å². The van der Waals surface area contributed by atoms with E-state index in [4.69, 9.17) is 5.11 Å². The first kappa shape index (κ1) is 15.9. The fraction of sp³-hybridized carbons (Fsp3) is 0.350. The maximum absolute atomic E-state index is 12.5. The molecule has 0 amide bonds. The summed E-state index contributed by atoms with van der Waals surface area (Å²) in [5.74, 6) is 0.447. The highest BCUT2D eigenvalue weighted by Crippen LogP contribution is 2.23. The zero-order valence-corrected chi connectivity index (χ0v) is 13.3. The quantitative estimate of drug-likeness (QED) is 0.862. The van der Waals surface area contributed by atoms with E-state index in [1.54, 1.807) is 0 Å². The Bertz CT molecular complexity index is 628. The third-order valence-electron chi connectivity index (χ3n) is 4.63. The standard InChI is InChI=1S/C20H23NO2/c22-15-17-8-6-16(7-9-17)14-21-12-10-19(11-13-21)20(23)18-4-2-1-3-5-18/h1-9,19,22H,10-15H2. The summed E-state index contributed by atoms with van der Waals surface area (Å²) in [6.45, 7) is 2.93. The molecule has 0 spiro atoms. The van der Waals surface area contributed by atoms with E-state index in [2.05, 4.69) is 17.0 Å². The Labute approximate surface area is 137 Å². The summed E-state index contributed by atoms with van der Waals surface area (Å²) >= 11 is 0. The van der Waals surface area contributed by atoms with Gasteiger partial charge in [-0.05, 0) is 37.1 Å². The van der Waals surface area contributed by atoms with Crippen LogP contribution in [0.1, 0.15) is 34.3 Å². The Hall–Kier alpha value is -1.97. The highest BCUT2D eigenvalue weighted by Gasteiger charge is 2.25. The van der Waals surface area contributed by atoms with Crippen LogP contribution < -0.4 is 0 Å². The van der Waals surface area contributed by atoms with Crippen LogP contribution in [-0.2, 0) is 13.2 Å². The molecule has 1 aliphatic heterocycles. The van der Waals surface area contributed by atoms with Crippen LogP contribution in [0.15, 0.2) is 54.6 Å². The molecule has 0 aromatic heterocycles. The number of benzene rings is 2. The molecule has 0 saturated carbocycles. The van der Waals surface area contributed by atoms with Gasteiger partial charge >= 0.3 is 0 Å². The van der Waals surface area contributed by atoms with E-state index in [9.17, 15) is 4.79 Å². The van der Waals surface area contributed by atoms with Crippen LogP contribution in [0.3, 0.4) is 0 Å². The monoisotopic (exact) mass is 309 g/mol. The van der Waals surface area contributed by atoms with Crippen molar-refractivity contribution in [3.63, 3.8) is 0 Å². The Balaban J connectivity index is 1.53. The van der Waals surface area contributed by atoms with Crippen molar-refractivity contribution in [3.05, 3.63) is 71.3 Å². The summed E-state index contributed by atoms with van der Waals surface area (Å²) < 4.78 is 0. The van der Waals surface area contributed by atoms with Gasteiger partial charge in [0.05, 0.1) is 6.61 Å². The van der Waals surface area contributed by atoms with E-state index in [1.807, 2.05) is 42.5 Å². The van der Waals surface area contributed by atoms with Gasteiger partial charge < -0.3 is 5.11 Å². The average Bonchev–Trinajstić information content (AvgIpc) is 2.63. The summed E-state index contributed by atoms with van der Waals surface area (Å²) in [4.78, 5) is 14.9. The molecule has 0 bridgehead atoms. The van der Waals surface area contributed by atoms with Crippen LogP contribution in [0.4, 0.5) is 0 Å². The topological polar surface area (TPSA) is 40.5 Å². The largest absolute Gasteiger partial charge is 0.392 e. The molecule has 2 aromatic carbocycles. The summed E-state index contributed by atoms with van der Waals surface area (Å²) in [5, 5.41) is 9.08. The molecule has 3 nitrogen and oxygen atoms in total. The molecule has 3 rings (SSSR count). The predicted octanol–water partition coefficient (Wildman–Crippen LogP) is 3.27. The first-order valence-corrected chi connectivity index (χ1v) is 8.26. The summed E-state index contributed by atoms with van der Waals surface area (Å²) in [6, 6.07) is 17.7. The van der Waals surface area contributed by atoms with Gasteiger partial charge in [-0.15, -0.1) is 0 Å². The molecule has 2 aromatic rings. The Morgan fingerprint density at radius 1 is 0.957 bits per heavy atom. The molecule has 0 unspecified atom stereocenters. The minimum atomic E-state index is 0.0905. The molecule has 23 heavy (non-hydrogen) atoms. The van der Waals surface area contributed by atoms with E-state index < -0.39 is 0 Å². The maximum Gasteiger partial charge on any atom is 0.166 e. The average molecular weight is 309 g/mol. The summed E-state index contributed by atoms with van der Waals surface area (Å²) in [7, 11) is 0. The van der Waals surface area contributed by atoms with E-state index in [0.29, 0.717) is 0 Å². The predicted molar refractivity (Wildman–Crippen MR) is 91.1 cm³/mol. The molecule has 3 heteroatoms. The molecule has 0 atom stereocenters. The van der Waals surface area contributed by atoms with Crippen LogP contribution in [0.25, 0.3) is 0 Å². The van der Waals surface area contributed by atoms with Gasteiger partial charge in [0.15, 0.2) is 5.78 Å². The van der Waals surface area contributed by atoms with Crippen molar-refractivity contribution in [1.82, 2.24) is 4.90 Å². The van der Waals surface area contributed by atoms with Gasteiger partial charge in [0, 0.05) is 18.0 Å². The minimum absolute atomic E-state index is 0.0905. The number of rotatable bonds is 5. The lowest BCUT2D eigenvalue weighted by atomic mass is 9.89. The second-order valence-electron chi connectivity index (χ2n) is 6.26. The van der Waals surface area contributed by atoms with Gasteiger partial charge in [0.2, 0.25) is 0 Å². The Morgan fingerprint density at radius 3 is 2.17 bits per heavy atom. The van der Waals surface area contributed by atoms with Crippen LogP contribution in [-0.4, -0.2) is 28.9 Å². The fourth-order valence-electron chi connectivity index (χ4n) is 3.20. The van der Waals surface area contributed by atoms with Crippen molar-refractivity contribution in [2.75, 3.05) is 13.1 Å². The van der Waals surface area contributed by atoms with E-state index in [0.717, 1.165) is 43.6 Å². The molecular weight excluding hydrogens is 286 g/mol. The lowest BCUT2D eigenvalue weighted by Gasteiger charge is -2.31. The van der Waals surface area contributed by atoms with Crippen molar-refractivity contribution in [3.8, 4) is 0 Å². The van der Waals surface area contributed by atoms with Crippen LogP contribution in [0.2, 0.25) is 0 Å². The third-order valence-corrected chi connectivity index (χ3v) is 4.63. The van der Waals surface area contributed by atoms with E-state index in [1.165, 1.54) is 5.56 Å². The number of Topliss-reactive ketones (excluding diaryl/α,β-unsaturated/α-hetero) is 1. The smallest absolute Gasteiger partial charge is 0.166 e. The zero-order chi connectivity index (χ0) is 16.1. The molecular formula is C20H23NO2. The van der Waals surface area contributed by atoms with Crippen LogP contribution in [0, 0.1) is 5.92 Å². The molecule has 1 fully saturated rings. The SMILES string of the molecule is O=C(c1ccccc1)C1CCN(Cc2ccc(CO)cc2)CC1. The van der Waals surface area contributed by atoms with Crippen molar-refractivity contribution in [1.29, 1.82) is 0 Å². The summed E-state index contributed by atoms with van der Waals surface area (Å²) in [6.07, 6.45) is 1.87. The van der Waals surface area contributed by atoms with Gasteiger partial charge in [0.25, 0.3) is 0 Å². The fourth-order valence-corrected chi connectivity index (χ4v) is 3.20. The number of piperidine rings is 1. The van der Waals surface area contributed by atoms with Crippen molar-refractivity contribution >= 4 is 5.78 Å². The van der Waals surface area contributed by atoms with E-state index in [-0.39, 0.29) is 18.3 Å². The number of hydrogen-bond acceptors (Lipinski definition) is 3. The van der Waals surface area contributed by atoms with Crippen molar-refractivity contribution in [2.45, 2.75) is 26.0 Å². The van der Waals surface area contributed by atoms with Gasteiger partial charge in [-0.25, -0.2) is 0 Å². The molecule has 1 N–H and O–H groups in total. The Morgan fingerprint density at radius 2 is 1.57 bits per heavy atom. The van der Waals surface area contributed by atoms with Gasteiger partial charge in [-0.3, -0.25) is 9.69 Å². The molecule has 1 aliphatic rings. The maximum atomic E-state index is 12.5.